The second-order valence-corrected chi connectivity index (χ2v) is 5.36. The molecule has 2 aromatic rings. The maximum atomic E-state index is 12.5. The monoisotopic (exact) mass is 355 g/mol. The lowest BCUT2D eigenvalue weighted by atomic mass is 10.1. The van der Waals surface area contributed by atoms with E-state index in [-0.39, 0.29) is 5.83 Å². The summed E-state index contributed by atoms with van der Waals surface area (Å²) >= 11 is 0. The van der Waals surface area contributed by atoms with Crippen molar-refractivity contribution in [3.05, 3.63) is 65.9 Å². The number of carbonyl (C=O) groups is 2. The highest BCUT2D eigenvalue weighted by Gasteiger charge is 2.11. The molecule has 0 atom stereocenters. The Morgan fingerprint density at radius 3 is 2.81 bits per heavy atom. The highest BCUT2D eigenvalue weighted by atomic mass is 19.1. The number of aromatic nitrogens is 2. The molecule has 1 heterocycles. The summed E-state index contributed by atoms with van der Waals surface area (Å²) in [4.78, 5) is 27.1. The van der Waals surface area contributed by atoms with Crippen LogP contribution in [0.15, 0.2) is 58.9 Å². The van der Waals surface area contributed by atoms with Crippen LogP contribution in [0.4, 0.5) is 4.39 Å². The summed E-state index contributed by atoms with van der Waals surface area (Å²) in [7, 11) is 0. The molecule has 0 spiro atoms. The van der Waals surface area contributed by atoms with Crippen LogP contribution in [-0.4, -0.2) is 22.0 Å². The van der Waals surface area contributed by atoms with Gasteiger partial charge in [0.25, 0.3) is 11.8 Å². The first-order valence-corrected chi connectivity index (χ1v) is 7.87. The third-order valence-electron chi connectivity index (χ3n) is 3.14. The Hall–Kier alpha value is -3.35. The molecule has 7 heteroatoms. The fourth-order valence-electron chi connectivity index (χ4n) is 1.98. The molecule has 0 saturated carbocycles. The largest absolute Gasteiger partial charge is 0.334 e. The van der Waals surface area contributed by atoms with Gasteiger partial charge in [0.05, 0.1) is 5.83 Å². The van der Waals surface area contributed by atoms with Gasteiger partial charge in [-0.05, 0) is 31.6 Å². The average Bonchev–Trinajstić information content (AvgIpc) is 3.06. The SMILES string of the molecule is CC(=O)NC(=O)c1cccc(-c2noc(/C=C/C=CC/C=C(\C)F)n2)c1. The zero-order chi connectivity index (χ0) is 18.9. The van der Waals surface area contributed by atoms with Crippen LogP contribution in [0.5, 0.6) is 0 Å². The highest BCUT2D eigenvalue weighted by Crippen LogP contribution is 2.18. The maximum Gasteiger partial charge on any atom is 0.257 e. The third-order valence-corrected chi connectivity index (χ3v) is 3.14. The quantitative estimate of drug-likeness (QED) is 0.796. The van der Waals surface area contributed by atoms with Gasteiger partial charge in [-0.25, -0.2) is 4.39 Å². The molecule has 1 aromatic carbocycles. The first-order chi connectivity index (χ1) is 12.5. The van der Waals surface area contributed by atoms with Gasteiger partial charge >= 0.3 is 0 Å². The molecule has 26 heavy (non-hydrogen) atoms. The number of halogens is 1. The summed E-state index contributed by atoms with van der Waals surface area (Å²) in [6.45, 7) is 2.66. The fraction of sp³-hybridized carbons (Fsp3) is 0.158. The molecule has 2 amide bonds. The zero-order valence-corrected chi connectivity index (χ0v) is 14.4. The normalized spacial score (nSPS) is 12.0. The van der Waals surface area contributed by atoms with Gasteiger partial charge in [-0.3, -0.25) is 14.9 Å². The lowest BCUT2D eigenvalue weighted by molar-refractivity contribution is -0.118. The Morgan fingerprint density at radius 2 is 2.08 bits per heavy atom. The number of allylic oxidation sites excluding steroid dienone is 5. The molecule has 134 valence electrons. The van der Waals surface area contributed by atoms with E-state index in [1.165, 1.54) is 19.9 Å². The van der Waals surface area contributed by atoms with Crippen LogP contribution in [0, 0.1) is 0 Å². The van der Waals surface area contributed by atoms with Crippen molar-refractivity contribution < 1.29 is 18.5 Å². The van der Waals surface area contributed by atoms with Crippen molar-refractivity contribution in [2.45, 2.75) is 20.3 Å². The number of benzene rings is 1. The predicted molar refractivity (Wildman–Crippen MR) is 95.5 cm³/mol. The van der Waals surface area contributed by atoms with E-state index in [1.54, 1.807) is 48.6 Å². The summed E-state index contributed by atoms with van der Waals surface area (Å²) in [5.41, 5.74) is 0.905. The van der Waals surface area contributed by atoms with E-state index >= 15 is 0 Å². The smallest absolute Gasteiger partial charge is 0.257 e. The van der Waals surface area contributed by atoms with Crippen molar-refractivity contribution in [3.8, 4) is 11.4 Å². The molecule has 1 N–H and O–H groups in total. The van der Waals surface area contributed by atoms with Crippen LogP contribution in [0.2, 0.25) is 0 Å². The van der Waals surface area contributed by atoms with E-state index < -0.39 is 11.8 Å². The summed E-state index contributed by atoms with van der Waals surface area (Å²) in [5, 5.41) is 6.07. The average molecular weight is 355 g/mol. The van der Waals surface area contributed by atoms with Crippen LogP contribution in [0.25, 0.3) is 17.5 Å². The van der Waals surface area contributed by atoms with Gasteiger partial charge in [0.15, 0.2) is 0 Å². The molecular formula is C19H18FN3O3. The minimum absolute atomic E-state index is 0.223. The maximum absolute atomic E-state index is 12.5. The predicted octanol–water partition coefficient (Wildman–Crippen LogP) is 3.85. The van der Waals surface area contributed by atoms with Gasteiger partial charge in [-0.15, -0.1) is 0 Å². The van der Waals surface area contributed by atoms with Gasteiger partial charge in [0, 0.05) is 24.1 Å². The lowest BCUT2D eigenvalue weighted by Gasteiger charge is -2.02. The summed E-state index contributed by atoms with van der Waals surface area (Å²) < 4.78 is 17.6. The Bertz CT molecular complexity index is 878. The van der Waals surface area contributed by atoms with Crippen LogP contribution in [-0.2, 0) is 4.79 Å². The van der Waals surface area contributed by atoms with Gasteiger partial charge in [0.2, 0.25) is 11.7 Å². The number of hydrogen-bond donors (Lipinski definition) is 1. The fourth-order valence-corrected chi connectivity index (χ4v) is 1.98. The number of imide groups is 1. The second kappa shape index (κ2) is 9.22. The van der Waals surface area contributed by atoms with Crippen molar-refractivity contribution in [1.82, 2.24) is 15.5 Å². The van der Waals surface area contributed by atoms with Gasteiger partial charge in [-0.2, -0.15) is 4.98 Å². The molecule has 0 radical (unpaired) electrons. The number of hydrogen-bond acceptors (Lipinski definition) is 5. The van der Waals surface area contributed by atoms with E-state index in [0.29, 0.717) is 29.3 Å². The lowest BCUT2D eigenvalue weighted by Crippen LogP contribution is -2.27. The van der Waals surface area contributed by atoms with Crippen molar-refractivity contribution >= 4 is 17.9 Å². The van der Waals surface area contributed by atoms with E-state index in [9.17, 15) is 14.0 Å². The molecule has 1 aromatic heterocycles. The highest BCUT2D eigenvalue weighted by molar-refractivity contribution is 6.04. The van der Waals surface area contributed by atoms with Gasteiger partial charge < -0.3 is 4.52 Å². The van der Waals surface area contributed by atoms with E-state index in [1.807, 2.05) is 0 Å². The molecule has 0 aliphatic rings. The molecule has 0 aliphatic carbocycles. The summed E-state index contributed by atoms with van der Waals surface area (Å²) in [6.07, 6.45) is 8.81. The summed E-state index contributed by atoms with van der Waals surface area (Å²) in [5.74, 6) is -0.537. The van der Waals surface area contributed by atoms with Crippen molar-refractivity contribution in [1.29, 1.82) is 0 Å². The molecule has 2 rings (SSSR count). The van der Waals surface area contributed by atoms with E-state index in [2.05, 4.69) is 15.5 Å². The number of rotatable bonds is 6. The van der Waals surface area contributed by atoms with Gasteiger partial charge in [0.1, 0.15) is 0 Å². The Balaban J connectivity index is 2.06. The molecule has 0 aliphatic heterocycles. The molecule has 0 bridgehead atoms. The first-order valence-electron chi connectivity index (χ1n) is 7.87. The standard InChI is InChI=1S/C19H18FN3O3/c1-13(20)8-5-3-4-6-11-17-22-18(23-26-17)15-9-7-10-16(12-15)19(25)21-14(2)24/h3-4,6-12H,5H2,1-2H3,(H,21,24,25)/b4-3?,11-6+,13-8+. The molecule has 0 saturated heterocycles. The molecule has 6 nitrogen and oxygen atoms in total. The Morgan fingerprint density at radius 1 is 1.27 bits per heavy atom. The minimum Gasteiger partial charge on any atom is -0.334 e. The zero-order valence-electron chi connectivity index (χ0n) is 14.4. The van der Waals surface area contributed by atoms with Crippen LogP contribution in [0.1, 0.15) is 36.5 Å². The number of carbonyl (C=O) groups excluding carboxylic acids is 2. The Kier molecular flexibility index (Phi) is 6.73. The minimum atomic E-state index is -0.495. The van der Waals surface area contributed by atoms with Crippen molar-refractivity contribution in [2.75, 3.05) is 0 Å². The molecular weight excluding hydrogens is 337 g/mol. The van der Waals surface area contributed by atoms with Crippen LogP contribution in [0.3, 0.4) is 0 Å². The van der Waals surface area contributed by atoms with Crippen LogP contribution >= 0.6 is 0 Å². The topological polar surface area (TPSA) is 85.1 Å². The molecule has 0 fully saturated rings. The third kappa shape index (κ3) is 5.94. The Labute approximate surface area is 150 Å². The van der Waals surface area contributed by atoms with Crippen molar-refractivity contribution in [3.63, 3.8) is 0 Å². The summed E-state index contributed by atoms with van der Waals surface area (Å²) in [6, 6.07) is 6.55. The van der Waals surface area contributed by atoms with E-state index in [0.717, 1.165) is 0 Å². The van der Waals surface area contributed by atoms with Crippen LogP contribution < -0.4 is 5.32 Å². The van der Waals surface area contributed by atoms with E-state index in [4.69, 9.17) is 4.52 Å². The number of amides is 2. The number of nitrogens with zero attached hydrogens (tertiary/aromatic N) is 2. The van der Waals surface area contributed by atoms with Gasteiger partial charge in [-0.1, -0.05) is 35.5 Å². The second-order valence-electron chi connectivity index (χ2n) is 5.36. The number of nitrogens with one attached hydrogen (secondary N) is 1. The van der Waals surface area contributed by atoms with Crippen molar-refractivity contribution in [2.24, 2.45) is 0 Å². The molecule has 0 unspecified atom stereocenters. The first kappa shape index (κ1) is 19.0.